The Morgan fingerprint density at radius 3 is 2.91 bits per heavy atom. The first-order valence-corrected chi connectivity index (χ1v) is 7.82. The summed E-state index contributed by atoms with van der Waals surface area (Å²) in [4.78, 5) is 14.5. The Balaban J connectivity index is 1.74. The van der Waals surface area contributed by atoms with E-state index < -0.39 is 0 Å². The Hall–Kier alpha value is -2.47. The fraction of sp³-hybridized carbons (Fsp3) is 0.353. The molecule has 1 fully saturated rings. The monoisotopic (exact) mass is 311 g/mol. The largest absolute Gasteiger partial charge is 0.339 e. The molecule has 0 saturated carbocycles. The fourth-order valence-electron chi connectivity index (χ4n) is 2.64. The average molecular weight is 311 g/mol. The van der Waals surface area contributed by atoms with Crippen LogP contribution in [0.5, 0.6) is 0 Å². The number of aromatic nitrogens is 2. The van der Waals surface area contributed by atoms with E-state index in [0.717, 1.165) is 31.0 Å². The highest BCUT2D eigenvalue weighted by Crippen LogP contribution is 2.17. The van der Waals surface area contributed by atoms with Gasteiger partial charge in [0.25, 0.3) is 5.91 Å². The van der Waals surface area contributed by atoms with E-state index in [4.69, 9.17) is 0 Å². The van der Waals surface area contributed by atoms with Crippen LogP contribution in [0.4, 0.5) is 11.5 Å². The molecule has 3 rings (SSSR count). The van der Waals surface area contributed by atoms with Crippen molar-refractivity contribution < 1.29 is 4.79 Å². The van der Waals surface area contributed by atoms with Crippen molar-refractivity contribution in [2.24, 2.45) is 0 Å². The van der Waals surface area contributed by atoms with Gasteiger partial charge in [0.05, 0.1) is 5.69 Å². The van der Waals surface area contributed by atoms with Gasteiger partial charge in [-0.05, 0) is 44.2 Å². The highest BCUT2D eigenvalue weighted by Gasteiger charge is 2.21. The number of anilines is 2. The third-order valence-electron chi connectivity index (χ3n) is 3.84. The third-order valence-corrected chi connectivity index (χ3v) is 3.84. The Morgan fingerprint density at radius 2 is 2.17 bits per heavy atom. The fourth-order valence-corrected chi connectivity index (χ4v) is 2.64. The third kappa shape index (κ3) is 3.84. The maximum Gasteiger partial charge on any atom is 0.254 e. The smallest absolute Gasteiger partial charge is 0.254 e. The summed E-state index contributed by atoms with van der Waals surface area (Å²) in [5.41, 5.74) is 2.38. The van der Waals surface area contributed by atoms with Crippen LogP contribution in [-0.4, -0.2) is 46.7 Å². The summed E-state index contributed by atoms with van der Waals surface area (Å²) >= 11 is 0. The second kappa shape index (κ2) is 6.75. The van der Waals surface area contributed by atoms with Gasteiger partial charge in [-0.2, -0.15) is 5.10 Å². The number of amides is 1. The minimum Gasteiger partial charge on any atom is -0.339 e. The second-order valence-electron chi connectivity index (χ2n) is 5.87. The van der Waals surface area contributed by atoms with Crippen molar-refractivity contribution in [3.05, 3.63) is 47.7 Å². The molecule has 1 aliphatic heterocycles. The molecule has 0 bridgehead atoms. The van der Waals surface area contributed by atoms with E-state index in [2.05, 4.69) is 27.8 Å². The number of hydrogen-bond acceptors (Lipinski definition) is 5. The lowest BCUT2D eigenvalue weighted by atomic mass is 10.1. The molecule has 1 saturated heterocycles. The number of rotatable bonds is 3. The molecule has 1 atom stereocenters. The Labute approximate surface area is 135 Å². The number of piperazine rings is 1. The second-order valence-corrected chi connectivity index (χ2v) is 5.87. The number of aryl methyl sites for hydroxylation is 1. The normalized spacial score (nSPS) is 17.8. The topological polar surface area (TPSA) is 70.2 Å². The summed E-state index contributed by atoms with van der Waals surface area (Å²) in [5, 5.41) is 14.6. The van der Waals surface area contributed by atoms with Crippen molar-refractivity contribution in [1.29, 1.82) is 0 Å². The van der Waals surface area contributed by atoms with Crippen molar-refractivity contribution in [2.45, 2.75) is 19.9 Å². The summed E-state index contributed by atoms with van der Waals surface area (Å²) < 4.78 is 0. The highest BCUT2D eigenvalue weighted by atomic mass is 16.2. The van der Waals surface area contributed by atoms with Gasteiger partial charge in [0.2, 0.25) is 0 Å². The molecule has 0 radical (unpaired) electrons. The number of carbonyl (C=O) groups is 1. The van der Waals surface area contributed by atoms with Gasteiger partial charge in [0.1, 0.15) is 0 Å². The van der Waals surface area contributed by atoms with Crippen molar-refractivity contribution >= 4 is 17.4 Å². The van der Waals surface area contributed by atoms with Crippen LogP contribution in [-0.2, 0) is 0 Å². The Kier molecular flexibility index (Phi) is 4.52. The SMILES string of the molecule is Cc1ccc(Nc2cccc(C(=O)N3CCN[C@H](C)C3)c2)nn1. The number of carbonyl (C=O) groups excluding carboxylic acids is 1. The average Bonchev–Trinajstić information content (AvgIpc) is 2.56. The van der Waals surface area contributed by atoms with Gasteiger partial charge < -0.3 is 15.5 Å². The van der Waals surface area contributed by atoms with Crippen molar-refractivity contribution in [1.82, 2.24) is 20.4 Å². The van der Waals surface area contributed by atoms with Crippen LogP contribution in [0.1, 0.15) is 23.0 Å². The number of nitrogens with one attached hydrogen (secondary N) is 2. The maximum absolute atomic E-state index is 12.6. The molecule has 0 aliphatic carbocycles. The molecule has 1 amide bonds. The van der Waals surface area contributed by atoms with E-state index in [1.807, 2.05) is 48.2 Å². The molecule has 120 valence electrons. The van der Waals surface area contributed by atoms with E-state index in [9.17, 15) is 4.79 Å². The van der Waals surface area contributed by atoms with Gasteiger partial charge in [0.15, 0.2) is 5.82 Å². The molecule has 6 heteroatoms. The maximum atomic E-state index is 12.6. The van der Waals surface area contributed by atoms with Gasteiger partial charge in [-0.15, -0.1) is 5.10 Å². The van der Waals surface area contributed by atoms with E-state index in [1.165, 1.54) is 0 Å². The minimum absolute atomic E-state index is 0.0667. The molecule has 1 aliphatic rings. The zero-order chi connectivity index (χ0) is 16.2. The van der Waals surface area contributed by atoms with Crippen LogP contribution in [0.15, 0.2) is 36.4 Å². The molecule has 2 aromatic rings. The summed E-state index contributed by atoms with van der Waals surface area (Å²) in [6, 6.07) is 11.6. The van der Waals surface area contributed by atoms with Gasteiger partial charge >= 0.3 is 0 Å². The van der Waals surface area contributed by atoms with Crippen LogP contribution in [0.25, 0.3) is 0 Å². The quantitative estimate of drug-likeness (QED) is 0.907. The van der Waals surface area contributed by atoms with Gasteiger partial charge in [-0.1, -0.05) is 6.07 Å². The van der Waals surface area contributed by atoms with Gasteiger partial charge in [-0.25, -0.2) is 0 Å². The van der Waals surface area contributed by atoms with E-state index in [1.54, 1.807) is 0 Å². The first kappa shape index (κ1) is 15.4. The number of hydrogen-bond donors (Lipinski definition) is 2. The summed E-state index contributed by atoms with van der Waals surface area (Å²) in [6.45, 7) is 6.30. The zero-order valence-corrected chi connectivity index (χ0v) is 13.4. The molecule has 1 aromatic carbocycles. The number of benzene rings is 1. The molecule has 23 heavy (non-hydrogen) atoms. The molecule has 2 N–H and O–H groups in total. The predicted octanol–water partition coefficient (Wildman–Crippen LogP) is 1.96. The van der Waals surface area contributed by atoms with E-state index in [-0.39, 0.29) is 5.91 Å². The lowest BCUT2D eigenvalue weighted by Crippen LogP contribution is -2.51. The number of nitrogens with zero attached hydrogens (tertiary/aromatic N) is 3. The van der Waals surface area contributed by atoms with Crippen molar-refractivity contribution in [2.75, 3.05) is 25.0 Å². The van der Waals surface area contributed by atoms with Crippen LogP contribution in [0, 0.1) is 6.92 Å². The zero-order valence-electron chi connectivity index (χ0n) is 13.4. The van der Waals surface area contributed by atoms with E-state index in [0.29, 0.717) is 17.4 Å². The molecular weight excluding hydrogens is 290 g/mol. The van der Waals surface area contributed by atoms with Crippen LogP contribution >= 0.6 is 0 Å². The molecule has 2 heterocycles. The Bertz CT molecular complexity index is 686. The molecular formula is C17H21N5O. The highest BCUT2D eigenvalue weighted by molar-refractivity contribution is 5.95. The van der Waals surface area contributed by atoms with Gasteiger partial charge in [-0.3, -0.25) is 4.79 Å². The summed E-state index contributed by atoms with van der Waals surface area (Å²) in [7, 11) is 0. The van der Waals surface area contributed by atoms with E-state index >= 15 is 0 Å². The van der Waals surface area contributed by atoms with Crippen molar-refractivity contribution in [3.63, 3.8) is 0 Å². The first-order chi connectivity index (χ1) is 11.1. The van der Waals surface area contributed by atoms with Crippen LogP contribution in [0.3, 0.4) is 0 Å². The molecule has 0 unspecified atom stereocenters. The lowest BCUT2D eigenvalue weighted by molar-refractivity contribution is 0.0709. The Morgan fingerprint density at radius 1 is 1.30 bits per heavy atom. The summed E-state index contributed by atoms with van der Waals surface area (Å²) in [6.07, 6.45) is 0. The van der Waals surface area contributed by atoms with Gasteiger partial charge in [0, 0.05) is 36.9 Å². The van der Waals surface area contributed by atoms with Crippen LogP contribution < -0.4 is 10.6 Å². The molecule has 1 aromatic heterocycles. The van der Waals surface area contributed by atoms with Crippen molar-refractivity contribution in [3.8, 4) is 0 Å². The first-order valence-electron chi connectivity index (χ1n) is 7.82. The summed E-state index contributed by atoms with van der Waals surface area (Å²) in [5.74, 6) is 0.730. The molecule has 6 nitrogen and oxygen atoms in total. The van der Waals surface area contributed by atoms with Crippen LogP contribution in [0.2, 0.25) is 0 Å². The minimum atomic E-state index is 0.0667. The predicted molar refractivity (Wildman–Crippen MR) is 89.9 cm³/mol. The standard InChI is InChI=1S/C17H21N5O/c1-12-6-7-16(21-20-12)19-15-5-3-4-14(10-15)17(23)22-9-8-18-13(2)11-22/h3-7,10,13,18H,8-9,11H2,1-2H3,(H,19,21)/t13-/m1/s1. The molecule has 0 spiro atoms. The lowest BCUT2D eigenvalue weighted by Gasteiger charge is -2.32.